The van der Waals surface area contributed by atoms with Gasteiger partial charge in [0.2, 0.25) is 0 Å². The van der Waals surface area contributed by atoms with Crippen LogP contribution >= 0.6 is 24.8 Å². The number of hydrogen-bond acceptors (Lipinski definition) is 3. The molecule has 0 aliphatic carbocycles. The van der Waals surface area contributed by atoms with E-state index >= 15 is 0 Å². The Morgan fingerprint density at radius 1 is 1.16 bits per heavy atom. The van der Waals surface area contributed by atoms with Crippen LogP contribution in [0.4, 0.5) is 0 Å². The van der Waals surface area contributed by atoms with E-state index in [0.29, 0.717) is 5.56 Å². The summed E-state index contributed by atoms with van der Waals surface area (Å²) in [7, 11) is 0. The molecule has 3 nitrogen and oxygen atoms in total. The molecule has 1 aromatic carbocycles. The maximum atomic E-state index is 8.72. The molecule has 0 aromatic heterocycles. The van der Waals surface area contributed by atoms with Gasteiger partial charge in [-0.15, -0.1) is 24.8 Å². The molecule has 106 valence electrons. The van der Waals surface area contributed by atoms with Gasteiger partial charge in [0.25, 0.3) is 0 Å². The maximum absolute atomic E-state index is 8.72. The average molecular weight is 302 g/mol. The van der Waals surface area contributed by atoms with Crippen LogP contribution in [-0.4, -0.2) is 30.6 Å². The summed E-state index contributed by atoms with van der Waals surface area (Å²) in [5, 5.41) is 8.72. The molecule has 1 atom stereocenters. The molecule has 0 saturated carbocycles. The molecule has 1 aromatic rings. The highest BCUT2D eigenvalue weighted by Crippen LogP contribution is 2.10. The van der Waals surface area contributed by atoms with Crippen LogP contribution < -0.4 is 5.73 Å². The second kappa shape index (κ2) is 9.17. The van der Waals surface area contributed by atoms with Gasteiger partial charge in [0.15, 0.2) is 0 Å². The lowest BCUT2D eigenvalue weighted by Gasteiger charge is -2.20. The SMILES string of the molecule is Cl.Cl.N#Cc1ccc(C[C@@H](N)CN2CCCC2)cc1. The minimum Gasteiger partial charge on any atom is -0.326 e. The van der Waals surface area contributed by atoms with E-state index in [1.807, 2.05) is 24.3 Å². The fourth-order valence-corrected chi connectivity index (χ4v) is 2.38. The Balaban J connectivity index is 0.00000162. The van der Waals surface area contributed by atoms with Gasteiger partial charge in [0.05, 0.1) is 11.6 Å². The zero-order valence-corrected chi connectivity index (χ0v) is 12.6. The van der Waals surface area contributed by atoms with Crippen LogP contribution in [0, 0.1) is 11.3 Å². The number of nitrogens with two attached hydrogens (primary N) is 1. The summed E-state index contributed by atoms with van der Waals surface area (Å²) in [6.07, 6.45) is 3.51. The van der Waals surface area contributed by atoms with Crippen LogP contribution in [0.3, 0.4) is 0 Å². The second-order valence-electron chi connectivity index (χ2n) is 4.78. The Kier molecular flexibility index (Phi) is 8.79. The van der Waals surface area contributed by atoms with Gasteiger partial charge in [0.1, 0.15) is 0 Å². The van der Waals surface area contributed by atoms with Gasteiger partial charge in [-0.1, -0.05) is 12.1 Å². The molecule has 0 bridgehead atoms. The minimum absolute atomic E-state index is 0. The summed E-state index contributed by atoms with van der Waals surface area (Å²) in [6, 6.07) is 10.0. The third-order valence-electron chi connectivity index (χ3n) is 3.27. The highest BCUT2D eigenvalue weighted by Gasteiger charge is 2.14. The predicted molar refractivity (Wildman–Crippen MR) is 83.0 cm³/mol. The fourth-order valence-electron chi connectivity index (χ4n) is 2.38. The molecule has 5 heteroatoms. The van der Waals surface area contributed by atoms with Crippen LogP contribution in [0.5, 0.6) is 0 Å². The highest BCUT2D eigenvalue weighted by molar-refractivity contribution is 5.85. The van der Waals surface area contributed by atoms with Crippen molar-refractivity contribution in [1.82, 2.24) is 4.90 Å². The zero-order valence-electron chi connectivity index (χ0n) is 10.9. The lowest BCUT2D eigenvalue weighted by atomic mass is 10.0. The maximum Gasteiger partial charge on any atom is 0.0991 e. The van der Waals surface area contributed by atoms with Crippen molar-refractivity contribution in [1.29, 1.82) is 5.26 Å². The molecule has 1 aliphatic heterocycles. The Hall–Kier alpha value is -0.790. The van der Waals surface area contributed by atoms with E-state index in [1.54, 1.807) is 0 Å². The van der Waals surface area contributed by atoms with Crippen LogP contribution in [-0.2, 0) is 6.42 Å². The molecule has 2 rings (SSSR count). The van der Waals surface area contributed by atoms with Gasteiger partial charge in [-0.2, -0.15) is 5.26 Å². The minimum atomic E-state index is 0. The normalized spacial score (nSPS) is 16.0. The van der Waals surface area contributed by atoms with Crippen molar-refractivity contribution in [2.24, 2.45) is 5.73 Å². The van der Waals surface area contributed by atoms with Crippen molar-refractivity contribution < 1.29 is 0 Å². The summed E-state index contributed by atoms with van der Waals surface area (Å²) in [5.41, 5.74) is 8.08. The Bertz CT molecular complexity index is 394. The van der Waals surface area contributed by atoms with Gasteiger partial charge in [0, 0.05) is 12.6 Å². The number of hydrogen-bond donors (Lipinski definition) is 1. The van der Waals surface area contributed by atoms with Gasteiger partial charge in [-0.3, -0.25) is 0 Å². The summed E-state index contributed by atoms with van der Waals surface area (Å²) >= 11 is 0. The van der Waals surface area contributed by atoms with Crippen LogP contribution in [0.1, 0.15) is 24.0 Å². The molecule has 19 heavy (non-hydrogen) atoms. The molecule has 0 amide bonds. The summed E-state index contributed by atoms with van der Waals surface area (Å²) < 4.78 is 0. The Morgan fingerprint density at radius 3 is 2.26 bits per heavy atom. The van der Waals surface area contributed by atoms with E-state index in [2.05, 4.69) is 11.0 Å². The number of halogens is 2. The molecular weight excluding hydrogens is 281 g/mol. The van der Waals surface area contributed by atoms with E-state index in [9.17, 15) is 0 Å². The molecular formula is C14H21Cl2N3. The average Bonchev–Trinajstić information content (AvgIpc) is 2.82. The Morgan fingerprint density at radius 2 is 1.74 bits per heavy atom. The second-order valence-corrected chi connectivity index (χ2v) is 4.78. The first-order chi connectivity index (χ1) is 8.28. The lowest BCUT2D eigenvalue weighted by molar-refractivity contribution is 0.313. The molecule has 1 saturated heterocycles. The molecule has 0 unspecified atom stereocenters. The number of likely N-dealkylation sites (tertiary alicyclic amines) is 1. The lowest BCUT2D eigenvalue weighted by Crippen LogP contribution is -2.37. The monoisotopic (exact) mass is 301 g/mol. The van der Waals surface area contributed by atoms with Gasteiger partial charge >= 0.3 is 0 Å². The number of nitriles is 1. The van der Waals surface area contributed by atoms with E-state index < -0.39 is 0 Å². The third-order valence-corrected chi connectivity index (χ3v) is 3.27. The standard InChI is InChI=1S/C14H19N3.2ClH/c15-10-13-5-3-12(4-6-13)9-14(16)11-17-7-1-2-8-17;;/h3-6,14H,1-2,7-9,11,16H2;2*1H/t14-;;/m1../s1. The van der Waals surface area contributed by atoms with Crippen molar-refractivity contribution in [3.63, 3.8) is 0 Å². The van der Waals surface area contributed by atoms with E-state index in [-0.39, 0.29) is 30.9 Å². The Labute approximate surface area is 127 Å². The first-order valence-electron chi connectivity index (χ1n) is 6.25. The molecule has 1 heterocycles. The fraction of sp³-hybridized carbons (Fsp3) is 0.500. The third kappa shape index (κ3) is 5.80. The summed E-state index contributed by atoms with van der Waals surface area (Å²) in [6.45, 7) is 3.38. The quantitative estimate of drug-likeness (QED) is 0.929. The van der Waals surface area contributed by atoms with Crippen molar-refractivity contribution in [3.8, 4) is 6.07 Å². The smallest absolute Gasteiger partial charge is 0.0991 e. The molecule has 1 fully saturated rings. The number of benzene rings is 1. The number of nitrogens with zero attached hydrogens (tertiary/aromatic N) is 2. The molecule has 0 spiro atoms. The van der Waals surface area contributed by atoms with Gasteiger partial charge < -0.3 is 10.6 Å². The van der Waals surface area contributed by atoms with E-state index in [4.69, 9.17) is 11.0 Å². The number of rotatable bonds is 4. The van der Waals surface area contributed by atoms with Crippen LogP contribution in [0.15, 0.2) is 24.3 Å². The van der Waals surface area contributed by atoms with Gasteiger partial charge in [-0.25, -0.2) is 0 Å². The predicted octanol–water partition coefficient (Wildman–Crippen LogP) is 2.37. The molecule has 1 aliphatic rings. The van der Waals surface area contributed by atoms with Crippen molar-refractivity contribution in [2.45, 2.75) is 25.3 Å². The van der Waals surface area contributed by atoms with E-state index in [0.717, 1.165) is 13.0 Å². The summed E-state index contributed by atoms with van der Waals surface area (Å²) in [5.74, 6) is 0. The van der Waals surface area contributed by atoms with E-state index in [1.165, 1.54) is 31.5 Å². The molecule has 2 N–H and O–H groups in total. The largest absolute Gasteiger partial charge is 0.326 e. The first kappa shape index (κ1) is 18.2. The first-order valence-corrected chi connectivity index (χ1v) is 6.25. The van der Waals surface area contributed by atoms with Crippen molar-refractivity contribution in [2.75, 3.05) is 19.6 Å². The molecule has 0 radical (unpaired) electrons. The van der Waals surface area contributed by atoms with Crippen molar-refractivity contribution >= 4 is 24.8 Å². The summed E-state index contributed by atoms with van der Waals surface area (Å²) in [4.78, 5) is 2.44. The van der Waals surface area contributed by atoms with Crippen molar-refractivity contribution in [3.05, 3.63) is 35.4 Å². The van der Waals surface area contributed by atoms with Crippen LogP contribution in [0.25, 0.3) is 0 Å². The van der Waals surface area contributed by atoms with Gasteiger partial charge in [-0.05, 0) is 50.0 Å². The van der Waals surface area contributed by atoms with Crippen LogP contribution in [0.2, 0.25) is 0 Å². The zero-order chi connectivity index (χ0) is 12.1. The topological polar surface area (TPSA) is 53.1 Å². The highest BCUT2D eigenvalue weighted by atomic mass is 35.5.